The highest BCUT2D eigenvalue weighted by atomic mass is 35.5. The molecular formula is C16H14ClN. The molecule has 2 heteroatoms. The van der Waals surface area contributed by atoms with Crippen LogP contribution < -0.4 is 0 Å². The Morgan fingerprint density at radius 2 is 2.06 bits per heavy atom. The summed E-state index contributed by atoms with van der Waals surface area (Å²) in [6.45, 7) is 0. The van der Waals surface area contributed by atoms with E-state index in [9.17, 15) is 0 Å². The summed E-state index contributed by atoms with van der Waals surface area (Å²) in [6, 6.07) is 8.26. The van der Waals surface area contributed by atoms with E-state index < -0.39 is 0 Å². The van der Waals surface area contributed by atoms with Crippen molar-refractivity contribution in [3.05, 3.63) is 58.4 Å². The molecule has 2 unspecified atom stereocenters. The van der Waals surface area contributed by atoms with Gasteiger partial charge in [-0.2, -0.15) is 0 Å². The second-order valence-electron chi connectivity index (χ2n) is 5.28. The molecule has 0 aliphatic heterocycles. The van der Waals surface area contributed by atoms with Gasteiger partial charge in [-0.1, -0.05) is 17.7 Å². The summed E-state index contributed by atoms with van der Waals surface area (Å²) in [4.78, 5) is 0. The maximum Gasteiger partial charge on any atom is 0.0444 e. The van der Waals surface area contributed by atoms with E-state index in [1.54, 1.807) is 0 Å². The molecule has 2 atom stereocenters. The van der Waals surface area contributed by atoms with Gasteiger partial charge in [-0.25, -0.2) is 0 Å². The standard InChI is InChI=1S/C16H14ClN/c17-15-4-3-11(5-8-18-6-1-2-7-18)13-9-12-10-14(12)16(13)15/h1-8,12,14H,9-10H2. The summed E-state index contributed by atoms with van der Waals surface area (Å²) in [5.74, 6) is 1.63. The van der Waals surface area contributed by atoms with Gasteiger partial charge in [-0.05, 0) is 65.6 Å². The van der Waals surface area contributed by atoms with Gasteiger partial charge in [-0.15, -0.1) is 0 Å². The molecule has 90 valence electrons. The molecule has 1 heterocycles. The van der Waals surface area contributed by atoms with E-state index in [2.05, 4.69) is 29.0 Å². The Kier molecular flexibility index (Phi) is 2.18. The van der Waals surface area contributed by atoms with E-state index in [0.29, 0.717) is 0 Å². The van der Waals surface area contributed by atoms with Gasteiger partial charge in [-0.3, -0.25) is 0 Å². The van der Waals surface area contributed by atoms with Crippen molar-refractivity contribution >= 4 is 23.9 Å². The number of halogens is 1. The lowest BCUT2D eigenvalue weighted by Crippen LogP contribution is -1.92. The maximum absolute atomic E-state index is 6.33. The first-order valence-electron chi connectivity index (χ1n) is 6.45. The molecule has 1 aromatic heterocycles. The van der Waals surface area contributed by atoms with Crippen LogP contribution in [0.2, 0.25) is 5.02 Å². The van der Waals surface area contributed by atoms with Crippen LogP contribution in [0.4, 0.5) is 0 Å². The summed E-state index contributed by atoms with van der Waals surface area (Å²) < 4.78 is 2.07. The number of nitrogens with zero attached hydrogens (tertiary/aromatic N) is 1. The van der Waals surface area contributed by atoms with Crippen molar-refractivity contribution in [2.24, 2.45) is 5.92 Å². The highest BCUT2D eigenvalue weighted by Gasteiger charge is 2.46. The Morgan fingerprint density at radius 1 is 1.22 bits per heavy atom. The second kappa shape index (κ2) is 3.76. The minimum Gasteiger partial charge on any atom is -0.331 e. The summed E-state index contributed by atoms with van der Waals surface area (Å²) >= 11 is 6.33. The van der Waals surface area contributed by atoms with Crippen molar-refractivity contribution in [3.8, 4) is 0 Å². The zero-order valence-electron chi connectivity index (χ0n) is 10.0. The average Bonchev–Trinajstić information content (AvgIpc) is 2.81. The summed E-state index contributed by atoms with van der Waals surface area (Å²) in [7, 11) is 0. The van der Waals surface area contributed by atoms with Crippen molar-refractivity contribution in [1.82, 2.24) is 4.57 Å². The Labute approximate surface area is 112 Å². The number of aromatic nitrogens is 1. The lowest BCUT2D eigenvalue weighted by atomic mass is 9.99. The van der Waals surface area contributed by atoms with E-state index in [4.69, 9.17) is 11.6 Å². The fraction of sp³-hybridized carbons (Fsp3) is 0.250. The molecule has 0 bridgehead atoms. The quantitative estimate of drug-likeness (QED) is 0.748. The molecule has 0 saturated heterocycles. The van der Waals surface area contributed by atoms with Crippen molar-refractivity contribution < 1.29 is 0 Å². The molecule has 1 aromatic carbocycles. The monoisotopic (exact) mass is 255 g/mol. The van der Waals surface area contributed by atoms with Crippen LogP contribution in [0.3, 0.4) is 0 Å². The molecule has 2 aromatic rings. The fourth-order valence-electron chi connectivity index (χ4n) is 3.14. The molecular weight excluding hydrogens is 242 g/mol. The molecule has 2 aliphatic rings. The third-order valence-corrected chi connectivity index (χ3v) is 4.48. The predicted molar refractivity (Wildman–Crippen MR) is 75.7 cm³/mol. The zero-order chi connectivity index (χ0) is 12.1. The molecule has 4 rings (SSSR count). The van der Waals surface area contributed by atoms with Crippen LogP contribution >= 0.6 is 11.6 Å². The fourth-order valence-corrected chi connectivity index (χ4v) is 3.46. The van der Waals surface area contributed by atoms with Gasteiger partial charge in [0.2, 0.25) is 0 Å². The smallest absolute Gasteiger partial charge is 0.0444 e. The van der Waals surface area contributed by atoms with E-state index in [0.717, 1.165) is 16.9 Å². The highest BCUT2D eigenvalue weighted by molar-refractivity contribution is 6.31. The van der Waals surface area contributed by atoms with Gasteiger partial charge in [0.05, 0.1) is 0 Å². The normalized spacial score (nSPS) is 24.3. The van der Waals surface area contributed by atoms with Gasteiger partial charge in [0.1, 0.15) is 0 Å². The Morgan fingerprint density at radius 3 is 2.89 bits per heavy atom. The van der Waals surface area contributed by atoms with Crippen molar-refractivity contribution in [3.63, 3.8) is 0 Å². The van der Waals surface area contributed by atoms with Crippen LogP contribution in [0.25, 0.3) is 12.3 Å². The largest absolute Gasteiger partial charge is 0.331 e. The van der Waals surface area contributed by atoms with Crippen LogP contribution in [-0.4, -0.2) is 4.57 Å². The molecule has 2 aliphatic carbocycles. The third kappa shape index (κ3) is 1.54. The average molecular weight is 256 g/mol. The molecule has 0 radical (unpaired) electrons. The van der Waals surface area contributed by atoms with E-state index in [1.807, 2.05) is 24.5 Å². The summed E-state index contributed by atoms with van der Waals surface area (Å²) in [5.41, 5.74) is 4.23. The SMILES string of the molecule is Clc1ccc(C=Cn2cccc2)c2c1C1CC1C2. The number of hydrogen-bond acceptors (Lipinski definition) is 0. The van der Waals surface area contributed by atoms with Crippen molar-refractivity contribution in [2.45, 2.75) is 18.8 Å². The Bertz CT molecular complexity index is 625. The molecule has 1 saturated carbocycles. The van der Waals surface area contributed by atoms with Gasteiger partial charge in [0.15, 0.2) is 0 Å². The van der Waals surface area contributed by atoms with E-state index in [1.165, 1.54) is 29.5 Å². The minimum absolute atomic E-state index is 0.757. The first kappa shape index (κ1) is 10.5. The lowest BCUT2D eigenvalue weighted by Gasteiger charge is -2.09. The molecule has 0 amide bonds. The first-order valence-corrected chi connectivity index (χ1v) is 6.82. The van der Waals surface area contributed by atoms with Gasteiger partial charge in [0.25, 0.3) is 0 Å². The third-order valence-electron chi connectivity index (χ3n) is 4.15. The second-order valence-corrected chi connectivity index (χ2v) is 5.69. The van der Waals surface area contributed by atoms with Crippen molar-refractivity contribution in [1.29, 1.82) is 0 Å². The minimum atomic E-state index is 0.757. The maximum atomic E-state index is 6.33. The van der Waals surface area contributed by atoms with Crippen LogP contribution in [0, 0.1) is 5.92 Å². The van der Waals surface area contributed by atoms with Crippen LogP contribution in [0.15, 0.2) is 36.7 Å². The van der Waals surface area contributed by atoms with Crippen LogP contribution in [-0.2, 0) is 6.42 Å². The number of rotatable bonds is 2. The molecule has 0 spiro atoms. The lowest BCUT2D eigenvalue weighted by molar-refractivity contribution is 0.855. The number of benzene rings is 1. The van der Waals surface area contributed by atoms with E-state index >= 15 is 0 Å². The van der Waals surface area contributed by atoms with Crippen molar-refractivity contribution in [2.75, 3.05) is 0 Å². The first-order chi connectivity index (χ1) is 8.83. The number of hydrogen-bond donors (Lipinski definition) is 0. The number of fused-ring (bicyclic) bond motifs is 3. The van der Waals surface area contributed by atoms with Gasteiger partial charge in [0, 0.05) is 23.6 Å². The topological polar surface area (TPSA) is 4.93 Å². The summed E-state index contributed by atoms with van der Waals surface area (Å²) in [5, 5.41) is 0.966. The highest BCUT2D eigenvalue weighted by Crippen LogP contribution is 2.58. The van der Waals surface area contributed by atoms with E-state index in [-0.39, 0.29) is 0 Å². The predicted octanol–water partition coefficient (Wildman–Crippen LogP) is 4.43. The molecule has 1 fully saturated rings. The van der Waals surface area contributed by atoms with Gasteiger partial charge < -0.3 is 4.57 Å². The summed E-state index contributed by atoms with van der Waals surface area (Å²) in [6.07, 6.45) is 10.9. The molecule has 1 nitrogen and oxygen atoms in total. The van der Waals surface area contributed by atoms with Crippen LogP contribution in [0.1, 0.15) is 29.0 Å². The van der Waals surface area contributed by atoms with Gasteiger partial charge >= 0.3 is 0 Å². The van der Waals surface area contributed by atoms with Crippen LogP contribution in [0.5, 0.6) is 0 Å². The molecule has 0 N–H and O–H groups in total. The zero-order valence-corrected chi connectivity index (χ0v) is 10.8. The molecule has 18 heavy (non-hydrogen) atoms. The Balaban J connectivity index is 1.74. The Hall–Kier alpha value is -1.47.